The molecule has 122 valence electrons. The quantitative estimate of drug-likeness (QED) is 0.611. The molecule has 0 radical (unpaired) electrons. The maximum absolute atomic E-state index is 5.51. The topological polar surface area (TPSA) is 55.0 Å². The van der Waals surface area contributed by atoms with Gasteiger partial charge in [0.05, 0.1) is 6.67 Å². The van der Waals surface area contributed by atoms with Crippen LogP contribution in [0.1, 0.15) is 5.82 Å². The molecule has 0 N–H and O–H groups in total. The van der Waals surface area contributed by atoms with Crippen molar-refractivity contribution in [3.8, 4) is 0 Å². The molecule has 2 aromatic heterocycles. The van der Waals surface area contributed by atoms with Gasteiger partial charge in [-0.15, -0.1) is 6.58 Å². The van der Waals surface area contributed by atoms with Crippen LogP contribution in [-0.4, -0.2) is 55.4 Å². The average molecular weight is 331 g/mol. The molecule has 1 aliphatic heterocycles. The second-order valence-electron chi connectivity index (χ2n) is 5.52. The Morgan fingerprint density at radius 2 is 1.91 bits per heavy atom. The molecule has 1 aliphatic rings. The first kappa shape index (κ1) is 15.8. The Kier molecular flexibility index (Phi) is 4.82. The summed E-state index contributed by atoms with van der Waals surface area (Å²) in [5.74, 6) is 1.72. The number of aryl methyl sites for hydroxylation is 1. The third-order valence-corrected chi connectivity index (χ3v) is 4.39. The molecule has 0 atom stereocenters. The highest BCUT2D eigenvalue weighted by Gasteiger charge is 2.19. The molecule has 7 nitrogen and oxygen atoms in total. The molecule has 23 heavy (non-hydrogen) atoms. The minimum Gasteiger partial charge on any atom is -0.338 e. The van der Waals surface area contributed by atoms with Crippen LogP contribution in [-0.2, 0) is 13.2 Å². The van der Waals surface area contributed by atoms with Gasteiger partial charge in [-0.05, 0) is 25.2 Å². The van der Waals surface area contributed by atoms with Gasteiger partial charge in [0.25, 0.3) is 0 Å². The van der Waals surface area contributed by atoms with Crippen molar-refractivity contribution in [1.29, 1.82) is 0 Å². The van der Waals surface area contributed by atoms with Crippen LogP contribution in [0, 0.1) is 11.7 Å². The Hall–Kier alpha value is -2.06. The van der Waals surface area contributed by atoms with E-state index in [9.17, 15) is 0 Å². The SMILES string of the molecule is C=CCn1c(C)nn(CN2CCN(c3ncccn3)CC2)c1=S. The van der Waals surface area contributed by atoms with Crippen molar-refractivity contribution >= 4 is 18.2 Å². The number of rotatable bonds is 5. The molecule has 0 amide bonds. The summed E-state index contributed by atoms with van der Waals surface area (Å²) >= 11 is 5.51. The molecule has 0 unspecified atom stereocenters. The molecule has 2 aromatic rings. The summed E-state index contributed by atoms with van der Waals surface area (Å²) in [5, 5.41) is 4.55. The van der Waals surface area contributed by atoms with E-state index >= 15 is 0 Å². The van der Waals surface area contributed by atoms with Gasteiger partial charge in [0.2, 0.25) is 5.95 Å². The maximum atomic E-state index is 5.51. The molecule has 1 saturated heterocycles. The van der Waals surface area contributed by atoms with Crippen LogP contribution in [0.2, 0.25) is 0 Å². The van der Waals surface area contributed by atoms with Crippen molar-refractivity contribution in [2.75, 3.05) is 31.1 Å². The predicted molar refractivity (Wildman–Crippen MR) is 91.8 cm³/mol. The maximum Gasteiger partial charge on any atom is 0.225 e. The Morgan fingerprint density at radius 3 is 2.57 bits per heavy atom. The third kappa shape index (κ3) is 3.48. The van der Waals surface area contributed by atoms with Crippen molar-refractivity contribution in [2.24, 2.45) is 0 Å². The fourth-order valence-electron chi connectivity index (χ4n) is 2.71. The van der Waals surface area contributed by atoms with Crippen molar-refractivity contribution < 1.29 is 0 Å². The van der Waals surface area contributed by atoms with E-state index in [1.54, 1.807) is 12.4 Å². The Balaban J connectivity index is 1.62. The number of aromatic nitrogens is 5. The first-order chi connectivity index (χ1) is 11.2. The first-order valence-electron chi connectivity index (χ1n) is 7.68. The van der Waals surface area contributed by atoms with Gasteiger partial charge >= 0.3 is 0 Å². The highest BCUT2D eigenvalue weighted by Crippen LogP contribution is 2.11. The highest BCUT2D eigenvalue weighted by atomic mass is 32.1. The first-order valence-corrected chi connectivity index (χ1v) is 8.09. The van der Waals surface area contributed by atoms with Crippen LogP contribution in [0.25, 0.3) is 0 Å². The Labute approximate surface area is 140 Å². The van der Waals surface area contributed by atoms with E-state index in [1.165, 1.54) is 0 Å². The number of hydrogen-bond acceptors (Lipinski definition) is 6. The lowest BCUT2D eigenvalue weighted by atomic mass is 10.3. The standard InChI is InChI=1S/C15H21N7S/c1-3-7-21-13(2)18-22(15(21)23)12-19-8-10-20(11-9-19)14-16-5-4-6-17-14/h3-6H,1,7-12H2,2H3. The molecule has 0 spiro atoms. The predicted octanol–water partition coefficient (Wildman–Crippen LogP) is 1.48. The lowest BCUT2D eigenvalue weighted by Gasteiger charge is -2.34. The lowest BCUT2D eigenvalue weighted by Crippen LogP contribution is -2.47. The molecule has 0 saturated carbocycles. The molecule has 0 aromatic carbocycles. The Bertz CT molecular complexity index is 713. The molecule has 0 aliphatic carbocycles. The fourth-order valence-corrected chi connectivity index (χ4v) is 3.02. The van der Waals surface area contributed by atoms with E-state index in [2.05, 4.69) is 31.4 Å². The van der Waals surface area contributed by atoms with Crippen LogP contribution in [0.5, 0.6) is 0 Å². The van der Waals surface area contributed by atoms with Gasteiger partial charge in [-0.1, -0.05) is 6.08 Å². The van der Waals surface area contributed by atoms with E-state index in [4.69, 9.17) is 12.2 Å². The van der Waals surface area contributed by atoms with Crippen LogP contribution >= 0.6 is 12.2 Å². The van der Waals surface area contributed by atoms with Gasteiger partial charge in [0, 0.05) is 45.1 Å². The monoisotopic (exact) mass is 331 g/mol. The number of anilines is 1. The Morgan fingerprint density at radius 1 is 1.22 bits per heavy atom. The molecule has 3 heterocycles. The van der Waals surface area contributed by atoms with Gasteiger partial charge in [0.15, 0.2) is 4.77 Å². The second kappa shape index (κ2) is 7.01. The van der Waals surface area contributed by atoms with Crippen LogP contribution in [0.15, 0.2) is 31.1 Å². The number of nitrogens with zero attached hydrogens (tertiary/aromatic N) is 7. The smallest absolute Gasteiger partial charge is 0.225 e. The van der Waals surface area contributed by atoms with Gasteiger partial charge in [-0.3, -0.25) is 4.90 Å². The molecule has 0 bridgehead atoms. The third-order valence-electron chi connectivity index (χ3n) is 3.96. The van der Waals surface area contributed by atoms with Gasteiger partial charge < -0.3 is 9.47 Å². The second-order valence-corrected chi connectivity index (χ2v) is 5.89. The van der Waals surface area contributed by atoms with E-state index in [0.29, 0.717) is 13.2 Å². The summed E-state index contributed by atoms with van der Waals surface area (Å²) in [7, 11) is 0. The lowest BCUT2D eigenvalue weighted by molar-refractivity contribution is 0.193. The van der Waals surface area contributed by atoms with Crippen LogP contribution in [0.4, 0.5) is 5.95 Å². The van der Waals surface area contributed by atoms with E-state index in [1.807, 2.05) is 28.3 Å². The zero-order valence-electron chi connectivity index (χ0n) is 13.3. The average Bonchev–Trinajstić information content (AvgIpc) is 2.84. The minimum absolute atomic E-state index is 0.698. The summed E-state index contributed by atoms with van der Waals surface area (Å²) in [6, 6.07) is 1.84. The van der Waals surface area contributed by atoms with Crippen LogP contribution < -0.4 is 4.90 Å². The summed E-state index contributed by atoms with van der Waals surface area (Å²) in [5.41, 5.74) is 0. The van der Waals surface area contributed by atoms with Crippen molar-refractivity contribution in [2.45, 2.75) is 20.1 Å². The summed E-state index contributed by atoms with van der Waals surface area (Å²) in [6.07, 6.45) is 5.40. The van der Waals surface area contributed by atoms with E-state index < -0.39 is 0 Å². The van der Waals surface area contributed by atoms with Crippen molar-refractivity contribution in [3.63, 3.8) is 0 Å². The fraction of sp³-hybridized carbons (Fsp3) is 0.467. The van der Waals surface area contributed by atoms with Gasteiger partial charge in [-0.2, -0.15) is 5.10 Å². The van der Waals surface area contributed by atoms with Gasteiger partial charge in [0.1, 0.15) is 5.82 Å². The van der Waals surface area contributed by atoms with E-state index in [0.717, 1.165) is 42.7 Å². The minimum atomic E-state index is 0.698. The molecular weight excluding hydrogens is 310 g/mol. The summed E-state index contributed by atoms with van der Waals surface area (Å²) < 4.78 is 4.63. The summed E-state index contributed by atoms with van der Waals surface area (Å²) in [6.45, 7) is 10.8. The zero-order valence-corrected chi connectivity index (χ0v) is 14.1. The molecule has 1 fully saturated rings. The molecule has 3 rings (SSSR count). The van der Waals surface area contributed by atoms with Crippen LogP contribution in [0.3, 0.4) is 0 Å². The number of allylic oxidation sites excluding steroid dienone is 1. The summed E-state index contributed by atoms with van der Waals surface area (Å²) in [4.78, 5) is 13.2. The number of hydrogen-bond donors (Lipinski definition) is 0. The molecule has 8 heteroatoms. The van der Waals surface area contributed by atoms with Crippen molar-refractivity contribution in [1.82, 2.24) is 29.2 Å². The normalized spacial score (nSPS) is 15.8. The highest BCUT2D eigenvalue weighted by molar-refractivity contribution is 7.71. The zero-order chi connectivity index (χ0) is 16.2. The number of piperazine rings is 1. The van der Waals surface area contributed by atoms with Crippen molar-refractivity contribution in [3.05, 3.63) is 41.7 Å². The molecular formula is C15H21N7S. The largest absolute Gasteiger partial charge is 0.338 e. The van der Waals surface area contributed by atoms with Gasteiger partial charge in [-0.25, -0.2) is 14.6 Å². The van der Waals surface area contributed by atoms with E-state index in [-0.39, 0.29) is 0 Å².